The Balaban J connectivity index is 3.34. The van der Waals surface area contributed by atoms with E-state index < -0.39 is 0 Å². The number of quaternary nitrogens is 1. The van der Waals surface area contributed by atoms with Crippen molar-refractivity contribution in [2.75, 3.05) is 53.1 Å². The highest BCUT2D eigenvalue weighted by atomic mass is 16.5. The van der Waals surface area contributed by atoms with E-state index in [-0.39, 0.29) is 13.2 Å². The van der Waals surface area contributed by atoms with E-state index >= 15 is 0 Å². The van der Waals surface area contributed by atoms with Crippen LogP contribution in [0, 0.1) is 0 Å². The molecule has 0 amide bonds. The quantitative estimate of drug-likeness (QED) is 0.320. The van der Waals surface area contributed by atoms with Gasteiger partial charge in [0.25, 0.3) is 0 Å². The maximum absolute atomic E-state index is 9.09. The SMILES string of the molecule is CCCCCCCCCCOCCC[N+](C)(CCO)CCO. The zero-order valence-electron chi connectivity index (χ0n) is 15.1. The van der Waals surface area contributed by atoms with Crippen molar-refractivity contribution in [3.8, 4) is 0 Å². The predicted octanol–water partition coefficient (Wildman–Crippen LogP) is 2.97. The Morgan fingerprint density at radius 2 is 1.18 bits per heavy atom. The van der Waals surface area contributed by atoms with Crippen molar-refractivity contribution in [1.29, 1.82) is 0 Å². The van der Waals surface area contributed by atoms with Gasteiger partial charge >= 0.3 is 0 Å². The smallest absolute Gasteiger partial charge is 0.102 e. The van der Waals surface area contributed by atoms with Gasteiger partial charge in [0, 0.05) is 13.0 Å². The summed E-state index contributed by atoms with van der Waals surface area (Å²) < 4.78 is 6.43. The molecule has 0 aliphatic rings. The third kappa shape index (κ3) is 13.5. The molecule has 0 aliphatic carbocycles. The second-order valence-corrected chi connectivity index (χ2v) is 6.68. The highest BCUT2D eigenvalue weighted by Gasteiger charge is 2.19. The van der Waals surface area contributed by atoms with Gasteiger partial charge in [-0.25, -0.2) is 0 Å². The number of nitrogens with zero attached hydrogens (tertiary/aromatic N) is 1. The second kappa shape index (κ2) is 15.7. The minimum Gasteiger partial charge on any atom is -0.391 e. The lowest BCUT2D eigenvalue weighted by Crippen LogP contribution is -2.48. The topological polar surface area (TPSA) is 49.7 Å². The normalized spacial score (nSPS) is 12.0. The zero-order valence-corrected chi connectivity index (χ0v) is 15.1. The minimum atomic E-state index is 0.176. The van der Waals surface area contributed by atoms with Gasteiger partial charge in [0.1, 0.15) is 13.1 Å². The van der Waals surface area contributed by atoms with Crippen LogP contribution >= 0.6 is 0 Å². The molecule has 0 spiro atoms. The van der Waals surface area contributed by atoms with Crippen molar-refractivity contribution in [1.82, 2.24) is 0 Å². The van der Waals surface area contributed by atoms with E-state index in [0.717, 1.165) is 30.7 Å². The number of unbranched alkanes of at least 4 members (excludes halogenated alkanes) is 7. The summed E-state index contributed by atoms with van der Waals surface area (Å²) in [5.74, 6) is 0. The molecule has 0 heterocycles. The molecule has 0 saturated heterocycles. The molecule has 0 atom stereocenters. The van der Waals surface area contributed by atoms with E-state index in [9.17, 15) is 0 Å². The Labute approximate surface area is 138 Å². The third-order valence-corrected chi connectivity index (χ3v) is 4.41. The average molecular weight is 319 g/mol. The highest BCUT2D eigenvalue weighted by Crippen LogP contribution is 2.08. The van der Waals surface area contributed by atoms with Crippen molar-refractivity contribution in [3.63, 3.8) is 0 Å². The van der Waals surface area contributed by atoms with Crippen molar-refractivity contribution < 1.29 is 19.4 Å². The molecule has 2 N–H and O–H groups in total. The summed E-state index contributed by atoms with van der Waals surface area (Å²) in [6.07, 6.45) is 11.7. The standard InChI is InChI=1S/C18H40NO3/c1-3-4-5-6-7-8-9-10-17-22-18-11-12-19(2,13-15-20)14-16-21/h20-21H,3-18H2,1-2H3/q+1. The number of aliphatic hydroxyl groups is 2. The number of likely N-dealkylation sites (N-methyl/N-ethyl adjacent to an activating group) is 1. The zero-order chi connectivity index (χ0) is 16.5. The lowest BCUT2D eigenvalue weighted by atomic mass is 10.1. The van der Waals surface area contributed by atoms with Gasteiger partial charge in [-0.2, -0.15) is 0 Å². The van der Waals surface area contributed by atoms with Crippen LogP contribution in [0.3, 0.4) is 0 Å². The molecule has 134 valence electrons. The van der Waals surface area contributed by atoms with Crippen LogP contribution in [0.2, 0.25) is 0 Å². The van der Waals surface area contributed by atoms with Gasteiger partial charge in [0.05, 0.1) is 33.4 Å². The van der Waals surface area contributed by atoms with Gasteiger partial charge < -0.3 is 19.4 Å². The summed E-state index contributed by atoms with van der Waals surface area (Å²) in [7, 11) is 2.09. The highest BCUT2D eigenvalue weighted by molar-refractivity contribution is 4.46. The second-order valence-electron chi connectivity index (χ2n) is 6.68. The first kappa shape index (κ1) is 21.8. The number of hydrogen-bond acceptors (Lipinski definition) is 3. The number of ether oxygens (including phenoxy) is 1. The van der Waals surface area contributed by atoms with E-state index in [1.54, 1.807) is 0 Å². The van der Waals surface area contributed by atoms with Crippen LogP contribution in [0.25, 0.3) is 0 Å². The Morgan fingerprint density at radius 1 is 0.682 bits per heavy atom. The van der Waals surface area contributed by atoms with Gasteiger partial charge in [-0.1, -0.05) is 51.9 Å². The molecular formula is C18H40NO3+. The Hall–Kier alpha value is -0.160. The first-order valence-corrected chi connectivity index (χ1v) is 9.31. The summed E-state index contributed by atoms with van der Waals surface area (Å²) in [6.45, 7) is 6.65. The van der Waals surface area contributed by atoms with Crippen molar-refractivity contribution in [3.05, 3.63) is 0 Å². The molecule has 4 heteroatoms. The van der Waals surface area contributed by atoms with Crippen molar-refractivity contribution >= 4 is 0 Å². The van der Waals surface area contributed by atoms with Crippen LogP contribution < -0.4 is 0 Å². The first-order chi connectivity index (χ1) is 10.7. The lowest BCUT2D eigenvalue weighted by molar-refractivity contribution is -0.910. The molecular weight excluding hydrogens is 278 g/mol. The predicted molar refractivity (Wildman–Crippen MR) is 93.0 cm³/mol. The lowest BCUT2D eigenvalue weighted by Gasteiger charge is -2.33. The van der Waals surface area contributed by atoms with Gasteiger partial charge in [-0.3, -0.25) is 0 Å². The molecule has 0 radical (unpaired) electrons. The maximum atomic E-state index is 9.09. The molecule has 4 nitrogen and oxygen atoms in total. The molecule has 22 heavy (non-hydrogen) atoms. The van der Waals surface area contributed by atoms with Crippen LogP contribution in [0.5, 0.6) is 0 Å². The van der Waals surface area contributed by atoms with Crippen LogP contribution in [0.4, 0.5) is 0 Å². The molecule has 0 aromatic carbocycles. The fraction of sp³-hybridized carbons (Fsp3) is 1.00. The van der Waals surface area contributed by atoms with Crippen molar-refractivity contribution in [2.45, 2.75) is 64.7 Å². The van der Waals surface area contributed by atoms with E-state index in [2.05, 4.69) is 14.0 Å². The van der Waals surface area contributed by atoms with E-state index in [1.807, 2.05) is 0 Å². The molecule has 0 unspecified atom stereocenters. The number of aliphatic hydroxyl groups excluding tert-OH is 2. The molecule has 0 rings (SSSR count). The van der Waals surface area contributed by atoms with E-state index in [4.69, 9.17) is 14.9 Å². The Bertz CT molecular complexity index is 218. The van der Waals surface area contributed by atoms with Gasteiger partial charge in [0.15, 0.2) is 0 Å². The largest absolute Gasteiger partial charge is 0.391 e. The molecule has 0 aromatic heterocycles. The van der Waals surface area contributed by atoms with Gasteiger partial charge in [0.2, 0.25) is 0 Å². The molecule has 0 saturated carbocycles. The van der Waals surface area contributed by atoms with Crippen LogP contribution in [0.1, 0.15) is 64.7 Å². The first-order valence-electron chi connectivity index (χ1n) is 9.31. The number of hydrogen-bond donors (Lipinski definition) is 2. The fourth-order valence-corrected chi connectivity index (χ4v) is 2.81. The Morgan fingerprint density at radius 3 is 1.73 bits per heavy atom. The third-order valence-electron chi connectivity index (χ3n) is 4.41. The average Bonchev–Trinajstić information content (AvgIpc) is 2.49. The molecule has 0 aliphatic heterocycles. The monoisotopic (exact) mass is 318 g/mol. The Kier molecular flexibility index (Phi) is 15.6. The molecule has 0 aromatic rings. The van der Waals surface area contributed by atoms with E-state index in [0.29, 0.717) is 13.1 Å². The van der Waals surface area contributed by atoms with Crippen LogP contribution in [0.15, 0.2) is 0 Å². The summed E-state index contributed by atoms with van der Waals surface area (Å²) >= 11 is 0. The van der Waals surface area contributed by atoms with Crippen molar-refractivity contribution in [2.24, 2.45) is 0 Å². The summed E-state index contributed by atoms with van der Waals surface area (Å²) in [5.41, 5.74) is 0. The number of rotatable bonds is 17. The summed E-state index contributed by atoms with van der Waals surface area (Å²) in [5, 5.41) is 18.2. The minimum absolute atomic E-state index is 0.176. The van der Waals surface area contributed by atoms with Crippen LogP contribution in [-0.2, 0) is 4.74 Å². The summed E-state index contributed by atoms with van der Waals surface area (Å²) in [6, 6.07) is 0. The fourth-order valence-electron chi connectivity index (χ4n) is 2.81. The molecule has 0 fully saturated rings. The van der Waals surface area contributed by atoms with Gasteiger partial charge in [-0.05, 0) is 6.42 Å². The molecule has 0 bridgehead atoms. The van der Waals surface area contributed by atoms with E-state index in [1.165, 1.54) is 51.4 Å². The maximum Gasteiger partial charge on any atom is 0.102 e. The van der Waals surface area contributed by atoms with Gasteiger partial charge in [-0.15, -0.1) is 0 Å². The van der Waals surface area contributed by atoms with Crippen LogP contribution in [-0.4, -0.2) is 67.8 Å². The summed E-state index contributed by atoms with van der Waals surface area (Å²) in [4.78, 5) is 0.